The van der Waals surface area contributed by atoms with Crippen molar-refractivity contribution in [2.45, 2.75) is 19.8 Å². The van der Waals surface area contributed by atoms with Crippen molar-refractivity contribution in [2.24, 2.45) is 0 Å². The van der Waals surface area contributed by atoms with Crippen molar-refractivity contribution in [3.8, 4) is 11.4 Å². The van der Waals surface area contributed by atoms with Gasteiger partial charge < -0.3 is 5.32 Å². The summed E-state index contributed by atoms with van der Waals surface area (Å²) >= 11 is 0. The van der Waals surface area contributed by atoms with Crippen LogP contribution in [0.15, 0.2) is 54.9 Å². The molecular weight excluding hydrogens is 326 g/mol. The van der Waals surface area contributed by atoms with Crippen LogP contribution in [0.4, 0.5) is 5.82 Å². The monoisotopic (exact) mass is 345 g/mol. The maximum absolute atomic E-state index is 4.47. The summed E-state index contributed by atoms with van der Waals surface area (Å²) in [5.41, 5.74) is 2.54. The Kier molecular flexibility index (Phi) is 4.51. The third-order valence-corrected chi connectivity index (χ3v) is 4.03. The molecule has 0 saturated carbocycles. The van der Waals surface area contributed by atoms with Gasteiger partial charge in [0, 0.05) is 31.4 Å². The molecule has 0 aliphatic carbocycles. The van der Waals surface area contributed by atoms with Gasteiger partial charge in [-0.05, 0) is 37.6 Å². The Bertz CT molecular complexity index is 1010. The van der Waals surface area contributed by atoms with E-state index in [9.17, 15) is 0 Å². The summed E-state index contributed by atoms with van der Waals surface area (Å²) in [6.07, 6.45) is 5.53. The van der Waals surface area contributed by atoms with E-state index in [0.29, 0.717) is 0 Å². The van der Waals surface area contributed by atoms with Crippen molar-refractivity contribution < 1.29 is 0 Å². The molecule has 0 atom stereocenters. The van der Waals surface area contributed by atoms with Gasteiger partial charge in [0.25, 0.3) is 0 Å². The molecule has 0 unspecified atom stereocenters. The van der Waals surface area contributed by atoms with Gasteiger partial charge >= 0.3 is 0 Å². The molecular formula is C19H19N7. The Morgan fingerprint density at radius 3 is 2.81 bits per heavy atom. The van der Waals surface area contributed by atoms with E-state index in [2.05, 4.69) is 30.5 Å². The first kappa shape index (κ1) is 16.1. The minimum Gasteiger partial charge on any atom is -0.370 e. The maximum atomic E-state index is 4.47. The number of hydrogen-bond donors (Lipinski definition) is 1. The summed E-state index contributed by atoms with van der Waals surface area (Å²) in [4.78, 5) is 13.3. The van der Waals surface area contributed by atoms with Crippen molar-refractivity contribution >= 4 is 11.5 Å². The first-order chi connectivity index (χ1) is 12.8. The summed E-state index contributed by atoms with van der Waals surface area (Å²) in [5.74, 6) is 2.50. The summed E-state index contributed by atoms with van der Waals surface area (Å²) < 4.78 is 2.02. The molecule has 4 heterocycles. The van der Waals surface area contributed by atoms with Crippen LogP contribution in [0.1, 0.15) is 18.1 Å². The van der Waals surface area contributed by atoms with Crippen LogP contribution >= 0.6 is 0 Å². The summed E-state index contributed by atoms with van der Waals surface area (Å²) in [5, 5.41) is 11.8. The number of nitrogens with one attached hydrogen (secondary N) is 1. The number of rotatable bonds is 6. The summed E-state index contributed by atoms with van der Waals surface area (Å²) in [6, 6.07) is 13.6. The summed E-state index contributed by atoms with van der Waals surface area (Å²) in [6.45, 7) is 2.68. The number of aromatic nitrogens is 6. The molecule has 7 heteroatoms. The van der Waals surface area contributed by atoms with Gasteiger partial charge in [-0.2, -0.15) is 0 Å². The van der Waals surface area contributed by atoms with Crippen LogP contribution in [0.5, 0.6) is 0 Å². The van der Waals surface area contributed by atoms with Gasteiger partial charge in [0.1, 0.15) is 17.5 Å². The second-order valence-corrected chi connectivity index (χ2v) is 5.98. The van der Waals surface area contributed by atoms with Crippen LogP contribution in [0.3, 0.4) is 0 Å². The predicted octanol–water partition coefficient (Wildman–Crippen LogP) is 2.93. The quantitative estimate of drug-likeness (QED) is 0.541. The van der Waals surface area contributed by atoms with Gasteiger partial charge in [-0.3, -0.25) is 9.38 Å². The molecule has 4 rings (SSSR count). The molecule has 0 fully saturated rings. The first-order valence-corrected chi connectivity index (χ1v) is 8.59. The number of fused-ring (bicyclic) bond motifs is 1. The molecule has 4 aromatic heterocycles. The molecule has 0 aromatic carbocycles. The molecule has 0 saturated heterocycles. The highest BCUT2D eigenvalue weighted by atomic mass is 15.2. The van der Waals surface area contributed by atoms with Crippen molar-refractivity contribution in [1.82, 2.24) is 29.5 Å². The summed E-state index contributed by atoms with van der Waals surface area (Å²) in [7, 11) is 0. The second kappa shape index (κ2) is 7.26. The SMILES string of the molecule is Cc1nc(NCCCc2nnc3ccccn23)cc(-c2ccccn2)n1. The van der Waals surface area contributed by atoms with Crippen LogP contribution in [-0.4, -0.2) is 36.1 Å². The average Bonchev–Trinajstić information content (AvgIpc) is 3.09. The van der Waals surface area contributed by atoms with Gasteiger partial charge in [-0.15, -0.1) is 10.2 Å². The minimum atomic E-state index is 0.721. The molecule has 0 radical (unpaired) electrons. The highest BCUT2D eigenvalue weighted by Crippen LogP contribution is 2.17. The number of hydrogen-bond acceptors (Lipinski definition) is 6. The van der Waals surface area contributed by atoms with E-state index in [4.69, 9.17) is 0 Å². The van der Waals surface area contributed by atoms with Crippen LogP contribution in [0.2, 0.25) is 0 Å². The number of anilines is 1. The van der Waals surface area contributed by atoms with Gasteiger partial charge in [-0.25, -0.2) is 9.97 Å². The van der Waals surface area contributed by atoms with E-state index in [1.165, 1.54) is 0 Å². The molecule has 7 nitrogen and oxygen atoms in total. The molecule has 26 heavy (non-hydrogen) atoms. The predicted molar refractivity (Wildman–Crippen MR) is 99.8 cm³/mol. The topological polar surface area (TPSA) is 80.9 Å². The van der Waals surface area contributed by atoms with Crippen molar-refractivity contribution in [3.05, 3.63) is 66.5 Å². The Labute approximate surface area is 151 Å². The van der Waals surface area contributed by atoms with E-state index in [1.54, 1.807) is 6.20 Å². The molecule has 4 aromatic rings. The lowest BCUT2D eigenvalue weighted by molar-refractivity contribution is 0.785. The van der Waals surface area contributed by atoms with Crippen LogP contribution in [0, 0.1) is 6.92 Å². The number of aryl methyl sites for hydroxylation is 2. The second-order valence-electron chi connectivity index (χ2n) is 5.98. The Morgan fingerprint density at radius 2 is 1.92 bits per heavy atom. The van der Waals surface area contributed by atoms with Crippen LogP contribution < -0.4 is 5.32 Å². The number of pyridine rings is 2. The van der Waals surface area contributed by atoms with Crippen LogP contribution in [-0.2, 0) is 6.42 Å². The fourth-order valence-electron chi connectivity index (χ4n) is 2.83. The normalized spacial score (nSPS) is 11.0. The lowest BCUT2D eigenvalue weighted by Gasteiger charge is -2.08. The van der Waals surface area contributed by atoms with E-state index >= 15 is 0 Å². The van der Waals surface area contributed by atoms with Crippen molar-refractivity contribution in [1.29, 1.82) is 0 Å². The Balaban J connectivity index is 1.40. The van der Waals surface area contributed by atoms with Gasteiger partial charge in [0.2, 0.25) is 0 Å². The molecule has 0 amide bonds. The third-order valence-electron chi connectivity index (χ3n) is 4.03. The first-order valence-electron chi connectivity index (χ1n) is 8.59. The van der Waals surface area contributed by atoms with E-state index < -0.39 is 0 Å². The fraction of sp³-hybridized carbons (Fsp3) is 0.211. The maximum Gasteiger partial charge on any atom is 0.160 e. The van der Waals surface area contributed by atoms with Gasteiger partial charge in [0.05, 0.1) is 11.4 Å². The zero-order valence-corrected chi connectivity index (χ0v) is 14.5. The van der Waals surface area contributed by atoms with Gasteiger partial charge in [-0.1, -0.05) is 12.1 Å². The Hall–Kier alpha value is -3.35. The fourth-order valence-corrected chi connectivity index (χ4v) is 2.83. The molecule has 0 spiro atoms. The molecule has 0 aliphatic heterocycles. The Morgan fingerprint density at radius 1 is 1.00 bits per heavy atom. The zero-order chi connectivity index (χ0) is 17.8. The average molecular weight is 345 g/mol. The molecule has 130 valence electrons. The number of nitrogens with zero attached hydrogens (tertiary/aromatic N) is 6. The van der Waals surface area contributed by atoms with E-state index in [0.717, 1.165) is 53.9 Å². The van der Waals surface area contributed by atoms with Crippen molar-refractivity contribution in [3.63, 3.8) is 0 Å². The van der Waals surface area contributed by atoms with Crippen LogP contribution in [0.25, 0.3) is 17.0 Å². The smallest absolute Gasteiger partial charge is 0.160 e. The highest BCUT2D eigenvalue weighted by Gasteiger charge is 2.06. The molecule has 0 bridgehead atoms. The van der Waals surface area contributed by atoms with E-state index in [1.807, 2.05) is 60.0 Å². The highest BCUT2D eigenvalue weighted by molar-refractivity contribution is 5.58. The molecule has 1 N–H and O–H groups in total. The molecule has 0 aliphatic rings. The van der Waals surface area contributed by atoms with Crippen molar-refractivity contribution in [2.75, 3.05) is 11.9 Å². The van der Waals surface area contributed by atoms with E-state index in [-0.39, 0.29) is 0 Å². The minimum absolute atomic E-state index is 0.721. The third kappa shape index (κ3) is 3.51. The standard InChI is InChI=1S/C19H19N7/c1-14-22-16(15-7-2-4-10-20-15)13-17(23-14)21-11-6-9-19-25-24-18-8-3-5-12-26(18)19/h2-5,7-8,10,12-13H,6,9,11H2,1H3,(H,21,22,23). The van der Waals surface area contributed by atoms with Gasteiger partial charge in [0.15, 0.2) is 5.65 Å². The lowest BCUT2D eigenvalue weighted by atomic mass is 10.2. The largest absolute Gasteiger partial charge is 0.370 e. The zero-order valence-electron chi connectivity index (χ0n) is 14.5. The lowest BCUT2D eigenvalue weighted by Crippen LogP contribution is -2.07.